The van der Waals surface area contributed by atoms with Crippen LogP contribution in [-0.2, 0) is 16.2 Å². The average molecular weight is 377 g/mol. The van der Waals surface area contributed by atoms with Gasteiger partial charge in [-0.15, -0.1) is 11.6 Å². The Hall–Kier alpha value is -2.78. The second kappa shape index (κ2) is 5.61. The summed E-state index contributed by atoms with van der Waals surface area (Å²) in [6.07, 6.45) is 0. The number of aryl methyl sites for hydroxylation is 2. The summed E-state index contributed by atoms with van der Waals surface area (Å²) in [6.45, 7) is 4.03. The molecule has 0 unspecified atom stereocenters. The Morgan fingerprint density at radius 3 is 2.04 bits per heavy atom. The summed E-state index contributed by atoms with van der Waals surface area (Å²) in [5.74, 6) is 1.45. The topological polar surface area (TPSA) is 35.5 Å². The molecular weight excluding hydrogens is 360 g/mol. The third kappa shape index (κ3) is 2.18. The molecule has 0 amide bonds. The standard InChI is InChI=1S/C23H17ClO3/c1-13-3-6-18-20(9-13)26-21-10-14(2)4-7-19(21)23(18)17-8-5-15(12-24)11-16(17)22(25)27-23/h3-11H,12H2,1-2H3. The number of rotatable bonds is 1. The van der Waals surface area contributed by atoms with E-state index in [1.807, 2.05) is 68.4 Å². The van der Waals surface area contributed by atoms with Gasteiger partial charge in [0.1, 0.15) is 11.5 Å². The van der Waals surface area contributed by atoms with Gasteiger partial charge in [0.15, 0.2) is 5.60 Å². The van der Waals surface area contributed by atoms with E-state index in [0.29, 0.717) is 11.4 Å². The SMILES string of the molecule is Cc1ccc2c(c1)Oc1cc(C)ccc1C21OC(=O)c2cc(CCl)ccc21. The molecule has 0 saturated carbocycles. The van der Waals surface area contributed by atoms with Gasteiger partial charge < -0.3 is 9.47 Å². The van der Waals surface area contributed by atoms with Gasteiger partial charge >= 0.3 is 5.97 Å². The molecule has 134 valence electrons. The molecule has 1 spiro atoms. The molecule has 0 aromatic heterocycles. The van der Waals surface area contributed by atoms with Crippen molar-refractivity contribution in [3.8, 4) is 11.5 Å². The van der Waals surface area contributed by atoms with Crippen LogP contribution in [0.3, 0.4) is 0 Å². The Morgan fingerprint density at radius 2 is 1.44 bits per heavy atom. The van der Waals surface area contributed by atoms with Crippen LogP contribution < -0.4 is 4.74 Å². The first-order valence-corrected chi connectivity index (χ1v) is 9.39. The van der Waals surface area contributed by atoms with Crippen molar-refractivity contribution < 1.29 is 14.3 Å². The molecule has 0 N–H and O–H groups in total. The highest BCUT2D eigenvalue weighted by atomic mass is 35.5. The van der Waals surface area contributed by atoms with Crippen LogP contribution in [0.5, 0.6) is 11.5 Å². The van der Waals surface area contributed by atoms with Gasteiger partial charge in [-0.05, 0) is 48.7 Å². The van der Waals surface area contributed by atoms with Gasteiger partial charge in [0.25, 0.3) is 0 Å². The molecule has 2 aliphatic rings. The van der Waals surface area contributed by atoms with Crippen LogP contribution in [0.15, 0.2) is 54.6 Å². The fourth-order valence-electron chi connectivity index (χ4n) is 4.07. The highest BCUT2D eigenvalue weighted by Crippen LogP contribution is 2.56. The van der Waals surface area contributed by atoms with E-state index >= 15 is 0 Å². The summed E-state index contributed by atoms with van der Waals surface area (Å²) in [5.41, 5.74) is 5.15. The number of fused-ring (bicyclic) bond motifs is 6. The zero-order valence-electron chi connectivity index (χ0n) is 15.0. The van der Waals surface area contributed by atoms with Crippen molar-refractivity contribution in [1.82, 2.24) is 0 Å². The maximum absolute atomic E-state index is 12.9. The largest absolute Gasteiger partial charge is 0.456 e. The van der Waals surface area contributed by atoms with Crippen molar-refractivity contribution in [2.45, 2.75) is 25.3 Å². The van der Waals surface area contributed by atoms with E-state index in [1.54, 1.807) is 0 Å². The molecule has 0 fully saturated rings. The molecule has 5 rings (SSSR count). The molecule has 3 aromatic carbocycles. The molecule has 2 aliphatic heterocycles. The van der Waals surface area contributed by atoms with E-state index in [9.17, 15) is 4.79 Å². The normalized spacial score (nSPS) is 15.6. The molecule has 2 heterocycles. The second-order valence-electron chi connectivity index (χ2n) is 7.19. The summed E-state index contributed by atoms with van der Waals surface area (Å²) >= 11 is 5.98. The molecule has 0 bridgehead atoms. The lowest BCUT2D eigenvalue weighted by Gasteiger charge is -2.36. The van der Waals surface area contributed by atoms with Gasteiger partial charge in [-0.25, -0.2) is 4.79 Å². The van der Waals surface area contributed by atoms with Gasteiger partial charge in [0.2, 0.25) is 0 Å². The summed E-state index contributed by atoms with van der Waals surface area (Å²) < 4.78 is 12.3. The number of ether oxygens (including phenoxy) is 2. The fraction of sp³-hybridized carbons (Fsp3) is 0.174. The molecule has 0 atom stereocenters. The number of alkyl halides is 1. The van der Waals surface area contributed by atoms with Crippen LogP contribution in [0, 0.1) is 13.8 Å². The molecule has 3 aromatic rings. The smallest absolute Gasteiger partial charge is 0.340 e. The first kappa shape index (κ1) is 16.4. The van der Waals surface area contributed by atoms with Crippen LogP contribution in [0.1, 0.15) is 43.7 Å². The first-order valence-electron chi connectivity index (χ1n) is 8.86. The summed E-state index contributed by atoms with van der Waals surface area (Å²) in [7, 11) is 0. The number of benzene rings is 3. The van der Waals surface area contributed by atoms with E-state index < -0.39 is 5.60 Å². The molecule has 4 heteroatoms. The zero-order valence-corrected chi connectivity index (χ0v) is 15.8. The summed E-state index contributed by atoms with van der Waals surface area (Å²) in [6, 6.07) is 17.7. The Kier molecular flexibility index (Phi) is 3.40. The lowest BCUT2D eigenvalue weighted by molar-refractivity contribution is 0.0224. The van der Waals surface area contributed by atoms with Crippen LogP contribution in [0.4, 0.5) is 0 Å². The molecule has 3 nitrogen and oxygen atoms in total. The molecule has 0 saturated heterocycles. The Morgan fingerprint density at radius 1 is 0.852 bits per heavy atom. The summed E-state index contributed by atoms with van der Waals surface area (Å²) in [5, 5.41) is 0. The zero-order chi connectivity index (χ0) is 18.8. The van der Waals surface area contributed by atoms with Gasteiger partial charge in [-0.3, -0.25) is 0 Å². The molecule has 0 radical (unpaired) electrons. The number of carbonyl (C=O) groups excluding carboxylic acids is 1. The number of esters is 1. The third-order valence-corrected chi connectivity index (χ3v) is 5.64. The van der Waals surface area contributed by atoms with Crippen molar-refractivity contribution >= 4 is 17.6 Å². The predicted molar refractivity (Wildman–Crippen MR) is 104 cm³/mol. The van der Waals surface area contributed by atoms with E-state index in [-0.39, 0.29) is 5.97 Å². The Labute approximate surface area is 162 Å². The number of hydrogen-bond acceptors (Lipinski definition) is 3. The van der Waals surface area contributed by atoms with E-state index in [4.69, 9.17) is 21.1 Å². The van der Waals surface area contributed by atoms with Crippen molar-refractivity contribution in [1.29, 1.82) is 0 Å². The van der Waals surface area contributed by atoms with Crippen LogP contribution in [0.25, 0.3) is 0 Å². The van der Waals surface area contributed by atoms with Gasteiger partial charge in [-0.2, -0.15) is 0 Å². The predicted octanol–water partition coefficient (Wildman–Crippen LogP) is 5.61. The van der Waals surface area contributed by atoms with Crippen molar-refractivity contribution in [2.75, 3.05) is 0 Å². The van der Waals surface area contributed by atoms with Crippen LogP contribution in [0.2, 0.25) is 0 Å². The Bertz CT molecular complexity index is 1070. The number of hydrogen-bond donors (Lipinski definition) is 0. The quantitative estimate of drug-likeness (QED) is 0.409. The first-order chi connectivity index (χ1) is 13.0. The monoisotopic (exact) mass is 376 g/mol. The van der Waals surface area contributed by atoms with Crippen molar-refractivity contribution in [2.24, 2.45) is 0 Å². The second-order valence-corrected chi connectivity index (χ2v) is 7.45. The minimum Gasteiger partial charge on any atom is -0.456 e. The average Bonchev–Trinajstić information content (AvgIpc) is 2.94. The van der Waals surface area contributed by atoms with E-state index in [0.717, 1.165) is 44.9 Å². The van der Waals surface area contributed by atoms with E-state index in [1.165, 1.54) is 0 Å². The molecule has 0 aliphatic carbocycles. The van der Waals surface area contributed by atoms with Gasteiger partial charge in [0.05, 0.1) is 5.56 Å². The highest BCUT2D eigenvalue weighted by molar-refractivity contribution is 6.17. The number of halogens is 1. The minimum atomic E-state index is -0.998. The maximum atomic E-state index is 12.9. The molecule has 27 heavy (non-hydrogen) atoms. The van der Waals surface area contributed by atoms with Crippen LogP contribution >= 0.6 is 11.6 Å². The lowest BCUT2D eigenvalue weighted by atomic mass is 9.77. The van der Waals surface area contributed by atoms with Crippen LogP contribution in [-0.4, -0.2) is 5.97 Å². The van der Waals surface area contributed by atoms with E-state index in [2.05, 4.69) is 0 Å². The number of carbonyl (C=O) groups is 1. The van der Waals surface area contributed by atoms with Gasteiger partial charge in [0, 0.05) is 22.6 Å². The van der Waals surface area contributed by atoms with Gasteiger partial charge in [-0.1, -0.05) is 36.4 Å². The molecular formula is C23H17ClO3. The highest BCUT2D eigenvalue weighted by Gasteiger charge is 2.53. The lowest BCUT2D eigenvalue weighted by Crippen LogP contribution is -2.33. The van der Waals surface area contributed by atoms with Crippen molar-refractivity contribution in [3.05, 3.63) is 93.5 Å². The van der Waals surface area contributed by atoms with Crippen molar-refractivity contribution in [3.63, 3.8) is 0 Å². The maximum Gasteiger partial charge on any atom is 0.340 e. The fourth-order valence-corrected chi connectivity index (χ4v) is 4.24. The Balaban J connectivity index is 1.87. The summed E-state index contributed by atoms with van der Waals surface area (Å²) in [4.78, 5) is 12.9. The minimum absolute atomic E-state index is 0.336. The third-order valence-electron chi connectivity index (χ3n) is 5.34.